The minimum Gasteiger partial charge on any atom is -0.346 e. The number of fused-ring (bicyclic) bond motifs is 1. The summed E-state index contributed by atoms with van der Waals surface area (Å²) in [5.74, 6) is 0. The van der Waals surface area contributed by atoms with Gasteiger partial charge in [-0.2, -0.15) is 0 Å². The molecule has 0 atom stereocenters. The van der Waals surface area contributed by atoms with E-state index in [-0.39, 0.29) is 1.43 Å². The van der Waals surface area contributed by atoms with Gasteiger partial charge >= 0.3 is 0 Å². The van der Waals surface area contributed by atoms with E-state index in [1.54, 1.807) is 0 Å². The van der Waals surface area contributed by atoms with Crippen LogP contribution in [0.15, 0.2) is 24.5 Å². The van der Waals surface area contributed by atoms with Crippen LogP contribution in [0.4, 0.5) is 0 Å². The number of pyridine rings is 1. The van der Waals surface area contributed by atoms with Gasteiger partial charge in [0.1, 0.15) is 5.65 Å². The topological polar surface area (TPSA) is 28.7 Å². The lowest BCUT2D eigenvalue weighted by Gasteiger charge is -1.93. The fourth-order valence-corrected chi connectivity index (χ4v) is 1.18. The van der Waals surface area contributed by atoms with Gasteiger partial charge in [-0.3, -0.25) is 0 Å². The predicted molar refractivity (Wildman–Crippen MR) is 47.6 cm³/mol. The molecule has 0 spiro atoms. The van der Waals surface area contributed by atoms with Crippen molar-refractivity contribution >= 4 is 11.0 Å². The van der Waals surface area contributed by atoms with Crippen molar-refractivity contribution in [1.82, 2.24) is 9.97 Å². The molecule has 2 rings (SSSR count). The number of aromatic amines is 1. The Balaban J connectivity index is 0.000000720. The summed E-state index contributed by atoms with van der Waals surface area (Å²) < 4.78 is 0. The van der Waals surface area contributed by atoms with Crippen molar-refractivity contribution in [3.63, 3.8) is 0 Å². The van der Waals surface area contributed by atoms with Crippen LogP contribution in [-0.2, 0) is 6.42 Å². The Morgan fingerprint density at radius 1 is 1.64 bits per heavy atom. The number of nitrogens with zero attached hydrogens (tertiary/aromatic N) is 1. The summed E-state index contributed by atoms with van der Waals surface area (Å²) >= 11 is 0. The fraction of sp³-hybridized carbons (Fsp3) is 0.222. The van der Waals surface area contributed by atoms with E-state index < -0.39 is 0 Å². The smallest absolute Gasteiger partial charge is 0.137 e. The largest absolute Gasteiger partial charge is 0.346 e. The molecule has 58 valence electrons. The highest BCUT2D eigenvalue weighted by atomic mass is 14.8. The highest BCUT2D eigenvalue weighted by molar-refractivity contribution is 5.75. The second-order valence-electron chi connectivity index (χ2n) is 2.61. The van der Waals surface area contributed by atoms with Crippen molar-refractivity contribution in [1.29, 1.82) is 0 Å². The first-order valence-corrected chi connectivity index (χ1v) is 3.82. The second kappa shape index (κ2) is 2.38. The van der Waals surface area contributed by atoms with Gasteiger partial charge < -0.3 is 4.98 Å². The third-order valence-corrected chi connectivity index (χ3v) is 1.86. The van der Waals surface area contributed by atoms with Gasteiger partial charge in [0, 0.05) is 19.2 Å². The molecule has 2 aromatic rings. The fourth-order valence-electron chi connectivity index (χ4n) is 1.18. The summed E-state index contributed by atoms with van der Waals surface area (Å²) in [4.78, 5) is 7.32. The van der Waals surface area contributed by atoms with Crippen LogP contribution < -0.4 is 0 Å². The molecule has 1 N–H and O–H groups in total. The lowest BCUT2D eigenvalue weighted by Crippen LogP contribution is -1.82. The maximum absolute atomic E-state index is 4.26. The van der Waals surface area contributed by atoms with Gasteiger partial charge in [-0.1, -0.05) is 6.92 Å². The molecule has 2 aromatic heterocycles. The third-order valence-electron chi connectivity index (χ3n) is 1.86. The molecule has 2 heteroatoms. The zero-order valence-electron chi connectivity index (χ0n) is 6.46. The highest BCUT2D eigenvalue weighted by Crippen LogP contribution is 2.10. The van der Waals surface area contributed by atoms with Crippen molar-refractivity contribution in [2.45, 2.75) is 13.3 Å². The number of H-pyrrole nitrogens is 1. The summed E-state index contributed by atoms with van der Waals surface area (Å²) in [7, 11) is 0. The SMILES string of the molecule is CCc1cnc2[nH]ccc2c1.[HH]. The molecule has 0 aromatic carbocycles. The summed E-state index contributed by atoms with van der Waals surface area (Å²) in [6, 6.07) is 4.21. The molecular weight excluding hydrogens is 136 g/mol. The lowest BCUT2D eigenvalue weighted by atomic mass is 10.2. The maximum Gasteiger partial charge on any atom is 0.137 e. The quantitative estimate of drug-likeness (QED) is 0.660. The number of aryl methyl sites for hydroxylation is 1. The number of nitrogens with one attached hydrogen (secondary N) is 1. The first-order chi connectivity index (χ1) is 5.40. The first kappa shape index (κ1) is 6.40. The molecule has 0 aliphatic carbocycles. The van der Waals surface area contributed by atoms with Gasteiger partial charge in [-0.15, -0.1) is 0 Å². The Bertz CT molecular complexity index is 367. The molecule has 0 saturated carbocycles. The number of hydrogen-bond donors (Lipinski definition) is 1. The van der Waals surface area contributed by atoms with Crippen LogP contribution >= 0.6 is 0 Å². The summed E-state index contributed by atoms with van der Waals surface area (Å²) in [6.07, 6.45) is 4.88. The number of aromatic nitrogens is 2. The van der Waals surface area contributed by atoms with Crippen LogP contribution in [0.3, 0.4) is 0 Å². The van der Waals surface area contributed by atoms with Gasteiger partial charge in [0.25, 0.3) is 0 Å². The maximum atomic E-state index is 4.26. The predicted octanol–water partition coefficient (Wildman–Crippen LogP) is 2.37. The average molecular weight is 148 g/mol. The molecule has 0 fully saturated rings. The van der Waals surface area contributed by atoms with E-state index in [4.69, 9.17) is 0 Å². The Morgan fingerprint density at radius 3 is 3.36 bits per heavy atom. The van der Waals surface area contributed by atoms with E-state index >= 15 is 0 Å². The summed E-state index contributed by atoms with van der Waals surface area (Å²) in [5, 5.41) is 1.20. The van der Waals surface area contributed by atoms with E-state index in [1.165, 1.54) is 10.9 Å². The van der Waals surface area contributed by atoms with Crippen molar-refractivity contribution in [3.05, 3.63) is 30.1 Å². The Kier molecular flexibility index (Phi) is 1.39. The number of hydrogen-bond acceptors (Lipinski definition) is 1. The average Bonchev–Trinajstić information content (AvgIpc) is 2.50. The van der Waals surface area contributed by atoms with E-state index in [2.05, 4.69) is 23.0 Å². The van der Waals surface area contributed by atoms with Crippen molar-refractivity contribution in [3.8, 4) is 0 Å². The van der Waals surface area contributed by atoms with E-state index in [0.29, 0.717) is 0 Å². The van der Waals surface area contributed by atoms with Crippen LogP contribution in [0.2, 0.25) is 0 Å². The molecule has 0 aliphatic rings. The zero-order chi connectivity index (χ0) is 7.68. The molecule has 0 bridgehead atoms. The molecule has 0 aliphatic heterocycles. The molecule has 0 amide bonds. The molecule has 2 nitrogen and oxygen atoms in total. The van der Waals surface area contributed by atoms with Gasteiger partial charge in [-0.25, -0.2) is 4.98 Å². The first-order valence-electron chi connectivity index (χ1n) is 3.82. The van der Waals surface area contributed by atoms with Gasteiger partial charge in [-0.05, 0) is 24.1 Å². The van der Waals surface area contributed by atoms with Gasteiger partial charge in [0.15, 0.2) is 0 Å². The summed E-state index contributed by atoms with van der Waals surface area (Å²) in [5.41, 5.74) is 2.26. The minimum absolute atomic E-state index is 0. The van der Waals surface area contributed by atoms with Crippen molar-refractivity contribution in [2.75, 3.05) is 0 Å². The molecule has 2 heterocycles. The lowest BCUT2D eigenvalue weighted by molar-refractivity contribution is 1.12. The Hall–Kier alpha value is -1.31. The minimum atomic E-state index is 0. The van der Waals surface area contributed by atoms with Gasteiger partial charge in [0.05, 0.1) is 0 Å². The molecule has 11 heavy (non-hydrogen) atoms. The van der Waals surface area contributed by atoms with Gasteiger partial charge in [0.2, 0.25) is 0 Å². The van der Waals surface area contributed by atoms with E-state index in [0.717, 1.165) is 12.1 Å². The molecular formula is C9H12N2. The normalized spacial score (nSPS) is 10.6. The zero-order valence-corrected chi connectivity index (χ0v) is 6.46. The molecule has 0 saturated heterocycles. The van der Waals surface area contributed by atoms with E-state index in [9.17, 15) is 0 Å². The molecule has 0 unspecified atom stereocenters. The third kappa shape index (κ3) is 1.00. The van der Waals surface area contributed by atoms with Crippen LogP contribution in [0, 0.1) is 0 Å². The second-order valence-corrected chi connectivity index (χ2v) is 2.61. The Morgan fingerprint density at radius 2 is 2.55 bits per heavy atom. The summed E-state index contributed by atoms with van der Waals surface area (Å²) in [6.45, 7) is 2.13. The monoisotopic (exact) mass is 148 g/mol. The van der Waals surface area contributed by atoms with Crippen LogP contribution in [0.5, 0.6) is 0 Å². The van der Waals surface area contributed by atoms with Crippen LogP contribution in [0.1, 0.15) is 13.9 Å². The molecule has 0 radical (unpaired) electrons. The Labute approximate surface area is 66.8 Å². The highest BCUT2D eigenvalue weighted by Gasteiger charge is 1.95. The van der Waals surface area contributed by atoms with Crippen molar-refractivity contribution < 1.29 is 1.43 Å². The van der Waals surface area contributed by atoms with Crippen LogP contribution in [0.25, 0.3) is 11.0 Å². The standard InChI is InChI=1S/C9H10N2.H2/c1-2-7-5-8-3-4-10-9(8)11-6-7;/h3-6H,2H2,1H3,(H,10,11);1H. The van der Waals surface area contributed by atoms with Crippen molar-refractivity contribution in [2.24, 2.45) is 0 Å². The number of rotatable bonds is 1. The van der Waals surface area contributed by atoms with Crippen LogP contribution in [-0.4, -0.2) is 9.97 Å². The van der Waals surface area contributed by atoms with E-state index in [1.807, 2.05) is 18.5 Å².